The zero-order valence-corrected chi connectivity index (χ0v) is 11.4. The average molecular weight is 295 g/mol. The van der Waals surface area contributed by atoms with E-state index in [1.807, 2.05) is 12.1 Å². The molecule has 0 saturated carbocycles. The lowest BCUT2D eigenvalue weighted by atomic mass is 9.94. The van der Waals surface area contributed by atoms with E-state index in [2.05, 4.69) is 28.1 Å². The van der Waals surface area contributed by atoms with Crippen molar-refractivity contribution in [2.75, 3.05) is 7.11 Å². The van der Waals surface area contributed by atoms with E-state index in [0.717, 1.165) is 25.7 Å². The van der Waals surface area contributed by atoms with Crippen LogP contribution >= 0.6 is 15.9 Å². The molecule has 17 heavy (non-hydrogen) atoms. The summed E-state index contributed by atoms with van der Waals surface area (Å²) in [6.45, 7) is 0. The molecule has 1 aromatic rings. The van der Waals surface area contributed by atoms with Crippen molar-refractivity contribution in [3.63, 3.8) is 0 Å². The molecule has 0 amide bonds. The Labute approximate surface area is 110 Å². The number of benzene rings is 1. The van der Waals surface area contributed by atoms with Gasteiger partial charge in [0.1, 0.15) is 0 Å². The second-order valence-corrected chi connectivity index (χ2v) is 5.18. The molecule has 0 heterocycles. The van der Waals surface area contributed by atoms with E-state index in [4.69, 9.17) is 4.74 Å². The Morgan fingerprint density at radius 3 is 2.82 bits per heavy atom. The molecule has 0 radical (unpaired) electrons. The third-order valence-electron chi connectivity index (χ3n) is 3.04. The third-order valence-corrected chi connectivity index (χ3v) is 3.76. The van der Waals surface area contributed by atoms with E-state index in [1.54, 1.807) is 0 Å². The van der Waals surface area contributed by atoms with Gasteiger partial charge in [-0.1, -0.05) is 28.1 Å². The lowest BCUT2D eigenvalue weighted by Gasteiger charge is -2.13. The van der Waals surface area contributed by atoms with Gasteiger partial charge in [-0.05, 0) is 53.4 Å². The number of allylic oxidation sites excluding steroid dienone is 2. The van der Waals surface area contributed by atoms with Crippen molar-refractivity contribution in [1.29, 1.82) is 0 Å². The number of fused-ring (bicyclic) bond motifs is 1. The number of rotatable bonds is 1. The van der Waals surface area contributed by atoms with E-state index >= 15 is 0 Å². The van der Waals surface area contributed by atoms with Crippen LogP contribution in [-0.2, 0) is 17.6 Å². The first-order valence-electron chi connectivity index (χ1n) is 5.75. The predicted octanol–water partition coefficient (Wildman–Crippen LogP) is 3.63. The number of carbonyl (C=O) groups is 1. The van der Waals surface area contributed by atoms with Crippen LogP contribution in [0.5, 0.6) is 0 Å². The molecule has 0 fully saturated rings. The standard InChI is InChI=1S/C14H15BrO2/c1-17-14(16)12-6-5-10-3-2-4-13(15)8-7-11(10)9-12/h4-6,9H,2-3,7-8H2,1H3. The second-order valence-electron chi connectivity index (χ2n) is 4.16. The summed E-state index contributed by atoms with van der Waals surface area (Å²) in [6.07, 6.45) is 6.28. The van der Waals surface area contributed by atoms with Gasteiger partial charge in [0, 0.05) is 0 Å². The maximum absolute atomic E-state index is 11.5. The largest absolute Gasteiger partial charge is 0.465 e. The van der Waals surface area contributed by atoms with Crippen LogP contribution in [0.25, 0.3) is 0 Å². The number of carbonyl (C=O) groups excluding carboxylic acids is 1. The Morgan fingerprint density at radius 1 is 1.24 bits per heavy atom. The van der Waals surface area contributed by atoms with Gasteiger partial charge in [-0.3, -0.25) is 0 Å². The molecule has 0 unspecified atom stereocenters. The lowest BCUT2D eigenvalue weighted by molar-refractivity contribution is 0.0600. The van der Waals surface area contributed by atoms with Crippen molar-refractivity contribution in [3.8, 4) is 0 Å². The molecule has 0 saturated heterocycles. The molecule has 0 spiro atoms. The normalized spacial score (nSPS) is 15.3. The number of esters is 1. The first-order chi connectivity index (χ1) is 8.20. The minimum atomic E-state index is -0.260. The highest BCUT2D eigenvalue weighted by Crippen LogP contribution is 2.24. The Balaban J connectivity index is 2.29. The molecular formula is C14H15BrO2. The van der Waals surface area contributed by atoms with Crippen molar-refractivity contribution in [2.24, 2.45) is 0 Å². The summed E-state index contributed by atoms with van der Waals surface area (Å²) in [5.41, 5.74) is 3.25. The van der Waals surface area contributed by atoms with Gasteiger partial charge in [-0.2, -0.15) is 0 Å². The van der Waals surface area contributed by atoms with Crippen molar-refractivity contribution in [3.05, 3.63) is 45.4 Å². The molecule has 0 N–H and O–H groups in total. The van der Waals surface area contributed by atoms with Crippen LogP contribution in [-0.4, -0.2) is 13.1 Å². The molecule has 1 aliphatic rings. The molecular weight excluding hydrogens is 280 g/mol. The fourth-order valence-electron chi connectivity index (χ4n) is 2.09. The van der Waals surface area contributed by atoms with E-state index in [0.29, 0.717) is 5.56 Å². The van der Waals surface area contributed by atoms with E-state index in [1.165, 1.54) is 22.7 Å². The molecule has 0 aliphatic heterocycles. The summed E-state index contributed by atoms with van der Waals surface area (Å²) in [5.74, 6) is -0.260. The van der Waals surface area contributed by atoms with E-state index in [-0.39, 0.29) is 5.97 Å². The van der Waals surface area contributed by atoms with Crippen molar-refractivity contribution < 1.29 is 9.53 Å². The first-order valence-corrected chi connectivity index (χ1v) is 6.54. The number of hydrogen-bond donors (Lipinski definition) is 0. The first kappa shape index (κ1) is 12.4. The summed E-state index contributed by atoms with van der Waals surface area (Å²) in [5, 5.41) is 0. The van der Waals surface area contributed by atoms with E-state index in [9.17, 15) is 4.79 Å². The Bertz CT molecular complexity index is 463. The van der Waals surface area contributed by atoms with Crippen LogP contribution in [0.2, 0.25) is 0 Å². The van der Waals surface area contributed by atoms with Crippen LogP contribution in [0.1, 0.15) is 34.3 Å². The number of ether oxygens (including phenoxy) is 1. The van der Waals surface area contributed by atoms with Crippen LogP contribution in [0.3, 0.4) is 0 Å². The monoisotopic (exact) mass is 294 g/mol. The van der Waals surface area contributed by atoms with Gasteiger partial charge in [-0.25, -0.2) is 4.79 Å². The smallest absolute Gasteiger partial charge is 0.337 e. The Kier molecular flexibility index (Phi) is 4.00. The van der Waals surface area contributed by atoms with Crippen molar-refractivity contribution >= 4 is 21.9 Å². The molecule has 1 aromatic carbocycles. The third kappa shape index (κ3) is 2.97. The van der Waals surface area contributed by atoms with Gasteiger partial charge in [0.2, 0.25) is 0 Å². The number of halogens is 1. The number of hydrogen-bond acceptors (Lipinski definition) is 2. The second kappa shape index (κ2) is 5.50. The quantitative estimate of drug-likeness (QED) is 0.740. The van der Waals surface area contributed by atoms with Crippen molar-refractivity contribution in [1.82, 2.24) is 0 Å². The summed E-state index contributed by atoms with van der Waals surface area (Å²) in [4.78, 5) is 11.5. The average Bonchev–Trinajstić information content (AvgIpc) is 2.33. The molecule has 0 aromatic heterocycles. The molecule has 1 aliphatic carbocycles. The van der Waals surface area contributed by atoms with Gasteiger partial charge in [0.05, 0.1) is 12.7 Å². The van der Waals surface area contributed by atoms with Crippen LogP contribution in [0.4, 0.5) is 0 Å². The predicted molar refractivity (Wildman–Crippen MR) is 71.4 cm³/mol. The highest BCUT2D eigenvalue weighted by molar-refractivity contribution is 9.11. The Hall–Kier alpha value is -1.09. The molecule has 0 atom stereocenters. The summed E-state index contributed by atoms with van der Waals surface area (Å²) in [7, 11) is 1.42. The van der Waals surface area contributed by atoms with Gasteiger partial charge in [0.15, 0.2) is 0 Å². The van der Waals surface area contributed by atoms with Crippen LogP contribution in [0.15, 0.2) is 28.8 Å². The van der Waals surface area contributed by atoms with Gasteiger partial charge < -0.3 is 4.74 Å². The minimum absolute atomic E-state index is 0.260. The van der Waals surface area contributed by atoms with Crippen LogP contribution < -0.4 is 0 Å². The number of methoxy groups -OCH3 is 1. The molecule has 0 bridgehead atoms. The molecule has 3 heteroatoms. The summed E-state index contributed by atoms with van der Waals surface area (Å²) >= 11 is 3.56. The number of aryl methyl sites for hydroxylation is 2. The molecule has 2 rings (SSSR count). The van der Waals surface area contributed by atoms with Crippen LogP contribution in [0, 0.1) is 0 Å². The summed E-state index contributed by atoms with van der Waals surface area (Å²) < 4.78 is 6.00. The maximum Gasteiger partial charge on any atom is 0.337 e. The SMILES string of the molecule is COC(=O)c1ccc2c(c1)CCC(Br)=CCC2. The highest BCUT2D eigenvalue weighted by Gasteiger charge is 2.11. The fourth-order valence-corrected chi connectivity index (χ4v) is 2.51. The maximum atomic E-state index is 11.5. The zero-order valence-electron chi connectivity index (χ0n) is 9.83. The topological polar surface area (TPSA) is 26.3 Å². The van der Waals surface area contributed by atoms with Gasteiger partial charge in [0.25, 0.3) is 0 Å². The molecule has 90 valence electrons. The van der Waals surface area contributed by atoms with Gasteiger partial charge in [-0.15, -0.1) is 0 Å². The summed E-state index contributed by atoms with van der Waals surface area (Å²) in [6, 6.07) is 5.87. The lowest BCUT2D eigenvalue weighted by Crippen LogP contribution is -2.05. The van der Waals surface area contributed by atoms with E-state index < -0.39 is 0 Å². The minimum Gasteiger partial charge on any atom is -0.465 e. The zero-order chi connectivity index (χ0) is 12.3. The van der Waals surface area contributed by atoms with Crippen molar-refractivity contribution in [2.45, 2.75) is 25.7 Å². The highest BCUT2D eigenvalue weighted by atomic mass is 79.9. The van der Waals surface area contributed by atoms with Gasteiger partial charge >= 0.3 is 5.97 Å². The Morgan fingerprint density at radius 2 is 2.06 bits per heavy atom. The fraction of sp³-hybridized carbons (Fsp3) is 0.357. The molecule has 2 nitrogen and oxygen atoms in total.